The Kier molecular flexibility index (Phi) is 7.48. The zero-order chi connectivity index (χ0) is 34.4. The molecule has 242 valence electrons. The van der Waals surface area contributed by atoms with Gasteiger partial charge in [0.25, 0.3) is 0 Å². The van der Waals surface area contributed by atoms with E-state index in [9.17, 15) is 0 Å². The van der Waals surface area contributed by atoms with Crippen LogP contribution in [0.2, 0.25) is 0 Å². The van der Waals surface area contributed by atoms with Crippen molar-refractivity contribution in [1.29, 1.82) is 0 Å². The van der Waals surface area contributed by atoms with Crippen LogP contribution in [0, 0.1) is 0 Å². The van der Waals surface area contributed by atoms with Crippen molar-refractivity contribution in [2.75, 3.05) is 0 Å². The van der Waals surface area contributed by atoms with Gasteiger partial charge in [0.1, 0.15) is 0 Å². The van der Waals surface area contributed by atoms with Gasteiger partial charge in [-0.25, -0.2) is 15.0 Å². The van der Waals surface area contributed by atoms with E-state index < -0.39 is 0 Å². The van der Waals surface area contributed by atoms with Crippen molar-refractivity contribution >= 4 is 0 Å². The second-order valence-electron chi connectivity index (χ2n) is 13.7. The first kappa shape index (κ1) is 30.6. The van der Waals surface area contributed by atoms with E-state index in [1.165, 1.54) is 27.8 Å². The average Bonchev–Trinajstić information content (AvgIpc) is 3.44. The molecular formula is C48H35N3. The van der Waals surface area contributed by atoms with Crippen LogP contribution in [-0.2, 0) is 5.41 Å². The monoisotopic (exact) mass is 653 g/mol. The fourth-order valence-corrected chi connectivity index (χ4v) is 7.42. The van der Waals surface area contributed by atoms with E-state index in [1.54, 1.807) is 0 Å². The van der Waals surface area contributed by atoms with Crippen LogP contribution < -0.4 is 0 Å². The van der Waals surface area contributed by atoms with Crippen LogP contribution >= 0.6 is 0 Å². The number of benzene rings is 7. The van der Waals surface area contributed by atoms with Crippen molar-refractivity contribution in [3.8, 4) is 78.7 Å². The molecule has 1 heterocycles. The Hall–Kier alpha value is -6.45. The molecule has 0 spiro atoms. The maximum absolute atomic E-state index is 5.14. The van der Waals surface area contributed by atoms with Crippen LogP contribution in [0.25, 0.3) is 78.7 Å². The summed E-state index contributed by atoms with van der Waals surface area (Å²) in [5, 5.41) is 0. The molecule has 3 heteroatoms. The quantitative estimate of drug-likeness (QED) is 0.179. The molecule has 0 atom stereocenters. The summed E-state index contributed by atoms with van der Waals surface area (Å²) in [5.41, 5.74) is 15.0. The smallest absolute Gasteiger partial charge is 0.164 e. The predicted molar refractivity (Wildman–Crippen MR) is 210 cm³/mol. The summed E-state index contributed by atoms with van der Waals surface area (Å²) >= 11 is 0. The fraction of sp³-hybridized carbons (Fsp3) is 0.0625. The number of nitrogens with zero attached hydrogens (tertiary/aromatic N) is 3. The van der Waals surface area contributed by atoms with Crippen LogP contribution in [0.15, 0.2) is 176 Å². The Morgan fingerprint density at radius 2 is 0.667 bits per heavy atom. The summed E-state index contributed by atoms with van der Waals surface area (Å²) in [5.74, 6) is 1.92. The van der Waals surface area contributed by atoms with E-state index in [0.717, 1.165) is 44.5 Å². The van der Waals surface area contributed by atoms with Gasteiger partial charge >= 0.3 is 0 Å². The first-order valence-electron chi connectivity index (χ1n) is 17.4. The van der Waals surface area contributed by atoms with Gasteiger partial charge in [-0.1, -0.05) is 166 Å². The first-order valence-corrected chi connectivity index (χ1v) is 17.4. The zero-order valence-corrected chi connectivity index (χ0v) is 28.6. The molecule has 3 nitrogen and oxygen atoms in total. The van der Waals surface area contributed by atoms with Gasteiger partial charge in [0.05, 0.1) is 0 Å². The number of aromatic nitrogens is 3. The molecule has 51 heavy (non-hydrogen) atoms. The minimum atomic E-state index is -0.0693. The highest BCUT2D eigenvalue weighted by molar-refractivity contribution is 5.84. The molecule has 0 fully saturated rings. The van der Waals surface area contributed by atoms with Crippen LogP contribution in [0.3, 0.4) is 0 Å². The molecular weight excluding hydrogens is 619 g/mol. The third kappa shape index (κ3) is 5.63. The van der Waals surface area contributed by atoms with E-state index in [0.29, 0.717) is 17.5 Å². The second-order valence-corrected chi connectivity index (χ2v) is 13.7. The largest absolute Gasteiger partial charge is 0.208 e. The molecule has 0 amide bonds. The number of rotatable bonds is 6. The standard InChI is InChI=1S/C48H35N3/c1-48(2)43-25-10-9-24-41(43)42-27-26-37(31-44(42)48)36-20-13-23-40(30-36)47-50-45(38-21-11-18-34(28-38)32-14-5-3-6-15-32)49-46(51-47)39-22-12-19-35(29-39)33-16-7-4-8-17-33/h3-31H,1-2H3. The van der Waals surface area contributed by atoms with E-state index in [2.05, 4.69) is 178 Å². The normalized spacial score (nSPS) is 12.7. The molecule has 9 rings (SSSR count). The molecule has 8 aromatic rings. The summed E-state index contributed by atoms with van der Waals surface area (Å²) in [6, 6.07) is 62.0. The van der Waals surface area contributed by atoms with Crippen LogP contribution in [0.5, 0.6) is 0 Å². The second kappa shape index (κ2) is 12.5. The Morgan fingerprint density at radius 1 is 0.294 bits per heavy atom. The molecule has 0 radical (unpaired) electrons. The molecule has 1 aliphatic carbocycles. The maximum Gasteiger partial charge on any atom is 0.164 e. The Morgan fingerprint density at radius 3 is 1.18 bits per heavy atom. The summed E-state index contributed by atoms with van der Waals surface area (Å²) in [6.07, 6.45) is 0. The van der Waals surface area contributed by atoms with E-state index in [1.807, 2.05) is 12.1 Å². The number of hydrogen-bond acceptors (Lipinski definition) is 3. The highest BCUT2D eigenvalue weighted by Crippen LogP contribution is 2.49. The van der Waals surface area contributed by atoms with E-state index in [4.69, 9.17) is 15.0 Å². The minimum Gasteiger partial charge on any atom is -0.208 e. The van der Waals surface area contributed by atoms with Gasteiger partial charge in [-0.15, -0.1) is 0 Å². The lowest BCUT2D eigenvalue weighted by atomic mass is 9.81. The molecule has 0 bridgehead atoms. The summed E-state index contributed by atoms with van der Waals surface area (Å²) < 4.78 is 0. The van der Waals surface area contributed by atoms with Crippen LogP contribution in [-0.4, -0.2) is 15.0 Å². The van der Waals surface area contributed by atoms with Crippen molar-refractivity contribution < 1.29 is 0 Å². The molecule has 0 N–H and O–H groups in total. The fourth-order valence-electron chi connectivity index (χ4n) is 7.42. The van der Waals surface area contributed by atoms with Gasteiger partial charge in [0.15, 0.2) is 17.5 Å². The van der Waals surface area contributed by atoms with Gasteiger partial charge < -0.3 is 0 Å². The van der Waals surface area contributed by atoms with Gasteiger partial charge in [-0.3, -0.25) is 0 Å². The Balaban J connectivity index is 1.16. The zero-order valence-electron chi connectivity index (χ0n) is 28.6. The Bertz CT molecular complexity index is 2450. The third-order valence-corrected chi connectivity index (χ3v) is 10.1. The highest BCUT2D eigenvalue weighted by atomic mass is 15.0. The summed E-state index contributed by atoms with van der Waals surface area (Å²) in [7, 11) is 0. The lowest BCUT2D eigenvalue weighted by Gasteiger charge is -2.22. The van der Waals surface area contributed by atoms with Gasteiger partial charge in [0.2, 0.25) is 0 Å². The number of hydrogen-bond donors (Lipinski definition) is 0. The van der Waals surface area contributed by atoms with Crippen molar-refractivity contribution in [1.82, 2.24) is 15.0 Å². The van der Waals surface area contributed by atoms with Crippen LogP contribution in [0.4, 0.5) is 0 Å². The molecule has 7 aromatic carbocycles. The van der Waals surface area contributed by atoms with E-state index >= 15 is 0 Å². The molecule has 0 saturated heterocycles. The molecule has 1 aliphatic rings. The van der Waals surface area contributed by atoms with Crippen molar-refractivity contribution in [2.45, 2.75) is 19.3 Å². The first-order chi connectivity index (χ1) is 25.0. The molecule has 0 aliphatic heterocycles. The maximum atomic E-state index is 5.14. The number of fused-ring (bicyclic) bond motifs is 3. The molecule has 0 saturated carbocycles. The Labute approximate surface area is 299 Å². The summed E-state index contributed by atoms with van der Waals surface area (Å²) in [4.78, 5) is 15.4. The predicted octanol–water partition coefficient (Wildman–Crippen LogP) is 12.2. The SMILES string of the molecule is CC1(C)c2ccccc2-c2ccc(-c3cccc(-c4nc(-c5cccc(-c6ccccc6)c5)nc(-c5cccc(-c6ccccc6)c5)n4)c3)cc21. The highest BCUT2D eigenvalue weighted by Gasteiger charge is 2.35. The van der Waals surface area contributed by atoms with Crippen molar-refractivity contribution in [2.24, 2.45) is 0 Å². The van der Waals surface area contributed by atoms with Gasteiger partial charge in [0, 0.05) is 22.1 Å². The van der Waals surface area contributed by atoms with Gasteiger partial charge in [-0.05, 0) is 79.9 Å². The van der Waals surface area contributed by atoms with Crippen LogP contribution in [0.1, 0.15) is 25.0 Å². The summed E-state index contributed by atoms with van der Waals surface area (Å²) in [6.45, 7) is 4.65. The lowest BCUT2D eigenvalue weighted by Crippen LogP contribution is -2.14. The molecule has 1 aromatic heterocycles. The molecule has 0 unspecified atom stereocenters. The lowest BCUT2D eigenvalue weighted by molar-refractivity contribution is 0.660. The van der Waals surface area contributed by atoms with E-state index in [-0.39, 0.29) is 5.41 Å². The minimum absolute atomic E-state index is 0.0693. The van der Waals surface area contributed by atoms with Crippen molar-refractivity contribution in [3.63, 3.8) is 0 Å². The topological polar surface area (TPSA) is 38.7 Å². The van der Waals surface area contributed by atoms with Gasteiger partial charge in [-0.2, -0.15) is 0 Å². The van der Waals surface area contributed by atoms with Crippen molar-refractivity contribution in [3.05, 3.63) is 187 Å². The third-order valence-electron chi connectivity index (χ3n) is 10.1. The average molecular weight is 654 g/mol.